The van der Waals surface area contributed by atoms with Gasteiger partial charge in [0.1, 0.15) is 11.4 Å². The first-order valence-electron chi connectivity index (χ1n) is 9.33. The lowest BCUT2D eigenvalue weighted by atomic mass is 9.87. The average Bonchev–Trinajstić information content (AvgIpc) is 3.13. The highest BCUT2D eigenvalue weighted by Crippen LogP contribution is 2.46. The number of methoxy groups -OCH3 is 2. The fourth-order valence-corrected chi connectivity index (χ4v) is 3.86. The van der Waals surface area contributed by atoms with Gasteiger partial charge in [-0.3, -0.25) is 4.79 Å². The normalized spacial score (nSPS) is 15.2. The first kappa shape index (κ1) is 20.3. The zero-order valence-corrected chi connectivity index (χ0v) is 16.7. The van der Waals surface area contributed by atoms with Crippen molar-refractivity contribution in [1.82, 2.24) is 4.57 Å². The number of halogens is 1. The molecule has 2 heterocycles. The van der Waals surface area contributed by atoms with E-state index in [1.54, 1.807) is 22.8 Å². The van der Waals surface area contributed by atoms with Crippen LogP contribution < -0.4 is 14.8 Å². The standard InChI is InChI=1S/C22H19FN2O6/c1-30-16-6-11(7-17(31-2)21(16)27)14-9-18(26)24-19-15(22(28)29)10-25(20(14)19)13-5-3-4-12(23)8-13/h3-8,10,14,27H,9H2,1-2H3,(H,24,26)(H,28,29). The molecular formula is C22H19FN2O6. The number of anilines is 1. The summed E-state index contributed by atoms with van der Waals surface area (Å²) in [6.45, 7) is 0. The Labute approximate surface area is 176 Å². The van der Waals surface area contributed by atoms with E-state index in [1.807, 2.05) is 0 Å². The van der Waals surface area contributed by atoms with Crippen LogP contribution >= 0.6 is 0 Å². The fraction of sp³-hybridized carbons (Fsp3) is 0.182. The molecule has 160 valence electrons. The number of phenols is 1. The van der Waals surface area contributed by atoms with Gasteiger partial charge in [0, 0.05) is 24.2 Å². The lowest BCUT2D eigenvalue weighted by Gasteiger charge is -2.27. The number of aromatic nitrogens is 1. The molecule has 1 aromatic heterocycles. The number of phenolic OH excluding ortho intramolecular Hbond substituents is 1. The summed E-state index contributed by atoms with van der Waals surface area (Å²) in [5.74, 6) is -2.60. The van der Waals surface area contributed by atoms with Gasteiger partial charge in [-0.25, -0.2) is 9.18 Å². The number of aromatic hydroxyl groups is 1. The summed E-state index contributed by atoms with van der Waals surface area (Å²) >= 11 is 0. The van der Waals surface area contributed by atoms with Crippen molar-refractivity contribution in [2.45, 2.75) is 12.3 Å². The molecule has 9 heteroatoms. The Hall–Kier alpha value is -4.01. The highest BCUT2D eigenvalue weighted by Gasteiger charge is 2.35. The Bertz CT molecular complexity index is 1180. The van der Waals surface area contributed by atoms with Gasteiger partial charge in [0.2, 0.25) is 11.7 Å². The third kappa shape index (κ3) is 3.43. The molecule has 1 unspecified atom stereocenters. The second-order valence-electron chi connectivity index (χ2n) is 7.04. The van der Waals surface area contributed by atoms with Crippen LogP contribution in [0.2, 0.25) is 0 Å². The first-order valence-corrected chi connectivity index (χ1v) is 9.33. The number of carboxylic acids is 1. The number of rotatable bonds is 5. The topological polar surface area (TPSA) is 110 Å². The third-order valence-electron chi connectivity index (χ3n) is 5.25. The number of aromatic carboxylic acids is 1. The van der Waals surface area contributed by atoms with E-state index in [2.05, 4.69) is 5.32 Å². The molecule has 0 spiro atoms. The highest BCUT2D eigenvalue weighted by atomic mass is 19.1. The van der Waals surface area contributed by atoms with Crippen LogP contribution in [-0.4, -0.2) is 40.9 Å². The lowest BCUT2D eigenvalue weighted by molar-refractivity contribution is -0.116. The number of nitrogens with zero attached hydrogens (tertiary/aromatic N) is 1. The second-order valence-corrected chi connectivity index (χ2v) is 7.04. The van der Waals surface area contributed by atoms with Crippen molar-refractivity contribution in [3.8, 4) is 22.9 Å². The van der Waals surface area contributed by atoms with Crippen LogP contribution in [0.5, 0.6) is 17.2 Å². The lowest BCUT2D eigenvalue weighted by Crippen LogP contribution is -2.25. The number of hydrogen-bond donors (Lipinski definition) is 3. The number of carboxylic acid groups (broad SMARTS) is 1. The Morgan fingerprint density at radius 2 is 1.87 bits per heavy atom. The Morgan fingerprint density at radius 3 is 2.45 bits per heavy atom. The molecule has 0 saturated carbocycles. The van der Waals surface area contributed by atoms with E-state index in [1.165, 1.54) is 38.6 Å². The molecule has 1 atom stereocenters. The maximum absolute atomic E-state index is 13.9. The predicted molar refractivity (Wildman–Crippen MR) is 109 cm³/mol. The summed E-state index contributed by atoms with van der Waals surface area (Å²) in [7, 11) is 2.77. The van der Waals surface area contributed by atoms with E-state index in [0.29, 0.717) is 16.9 Å². The van der Waals surface area contributed by atoms with Crippen molar-refractivity contribution in [2.24, 2.45) is 0 Å². The van der Waals surface area contributed by atoms with Gasteiger partial charge < -0.3 is 29.6 Å². The number of carbonyl (C=O) groups is 2. The maximum atomic E-state index is 13.9. The number of ether oxygens (including phenoxy) is 2. The molecule has 0 saturated heterocycles. The molecule has 8 nitrogen and oxygen atoms in total. The molecule has 1 aliphatic heterocycles. The van der Waals surface area contributed by atoms with E-state index in [-0.39, 0.29) is 40.8 Å². The van der Waals surface area contributed by atoms with Crippen LogP contribution in [0.25, 0.3) is 5.69 Å². The maximum Gasteiger partial charge on any atom is 0.339 e. The predicted octanol–water partition coefficient (Wildman–Crippen LogP) is 3.51. The van der Waals surface area contributed by atoms with Gasteiger partial charge in [-0.1, -0.05) is 6.07 Å². The summed E-state index contributed by atoms with van der Waals surface area (Å²) in [5.41, 5.74) is 1.47. The van der Waals surface area contributed by atoms with Gasteiger partial charge >= 0.3 is 5.97 Å². The molecule has 0 fully saturated rings. The van der Waals surface area contributed by atoms with E-state index < -0.39 is 17.7 Å². The summed E-state index contributed by atoms with van der Waals surface area (Å²) in [6.07, 6.45) is 1.36. The molecule has 0 radical (unpaired) electrons. The van der Waals surface area contributed by atoms with Crippen molar-refractivity contribution in [3.63, 3.8) is 0 Å². The van der Waals surface area contributed by atoms with Gasteiger partial charge in [0.25, 0.3) is 0 Å². The number of amides is 1. The van der Waals surface area contributed by atoms with E-state index in [9.17, 15) is 24.2 Å². The minimum Gasteiger partial charge on any atom is -0.502 e. The zero-order chi connectivity index (χ0) is 22.3. The Morgan fingerprint density at radius 1 is 1.19 bits per heavy atom. The molecule has 4 rings (SSSR count). The fourth-order valence-electron chi connectivity index (χ4n) is 3.86. The summed E-state index contributed by atoms with van der Waals surface area (Å²) in [6, 6.07) is 8.84. The SMILES string of the molecule is COc1cc(C2CC(=O)Nc3c(C(=O)O)cn(-c4cccc(F)c4)c32)cc(OC)c1O. The van der Waals surface area contributed by atoms with Crippen LogP contribution in [0.15, 0.2) is 42.6 Å². The van der Waals surface area contributed by atoms with E-state index in [4.69, 9.17) is 9.47 Å². The van der Waals surface area contributed by atoms with Crippen LogP contribution in [0.4, 0.5) is 10.1 Å². The van der Waals surface area contributed by atoms with E-state index in [0.717, 1.165) is 0 Å². The zero-order valence-electron chi connectivity index (χ0n) is 16.7. The number of carbonyl (C=O) groups excluding carboxylic acids is 1. The molecular weight excluding hydrogens is 407 g/mol. The second kappa shape index (κ2) is 7.67. The van der Waals surface area contributed by atoms with Crippen molar-refractivity contribution >= 4 is 17.6 Å². The van der Waals surface area contributed by atoms with Crippen molar-refractivity contribution < 1.29 is 33.7 Å². The Kier molecular flexibility index (Phi) is 5.02. The molecule has 0 aliphatic carbocycles. The van der Waals surface area contributed by atoms with Crippen molar-refractivity contribution in [3.05, 3.63) is 65.2 Å². The van der Waals surface area contributed by atoms with Gasteiger partial charge in [0.15, 0.2) is 11.5 Å². The third-order valence-corrected chi connectivity index (χ3v) is 5.25. The summed E-state index contributed by atoms with van der Waals surface area (Å²) < 4.78 is 25.9. The minimum atomic E-state index is -1.23. The molecule has 1 amide bonds. The van der Waals surface area contributed by atoms with Crippen LogP contribution in [-0.2, 0) is 4.79 Å². The largest absolute Gasteiger partial charge is 0.502 e. The molecule has 1 aliphatic rings. The molecule has 3 aromatic rings. The average molecular weight is 426 g/mol. The number of fused-ring (bicyclic) bond motifs is 1. The van der Waals surface area contributed by atoms with E-state index >= 15 is 0 Å². The smallest absolute Gasteiger partial charge is 0.339 e. The number of nitrogens with one attached hydrogen (secondary N) is 1. The summed E-state index contributed by atoms with van der Waals surface area (Å²) in [5, 5.41) is 22.6. The van der Waals surface area contributed by atoms with Crippen molar-refractivity contribution in [2.75, 3.05) is 19.5 Å². The Balaban J connectivity index is 1.99. The van der Waals surface area contributed by atoms with Gasteiger partial charge in [-0.15, -0.1) is 0 Å². The van der Waals surface area contributed by atoms with Crippen LogP contribution in [0, 0.1) is 5.82 Å². The highest BCUT2D eigenvalue weighted by molar-refractivity contribution is 6.04. The van der Waals surface area contributed by atoms with Crippen LogP contribution in [0.3, 0.4) is 0 Å². The monoisotopic (exact) mass is 426 g/mol. The molecule has 3 N–H and O–H groups in total. The van der Waals surface area contributed by atoms with Crippen LogP contribution in [0.1, 0.15) is 34.0 Å². The minimum absolute atomic E-state index is 0.00245. The molecule has 0 bridgehead atoms. The number of hydrogen-bond acceptors (Lipinski definition) is 5. The quantitative estimate of drug-likeness (QED) is 0.576. The molecule has 2 aromatic carbocycles. The van der Waals surface area contributed by atoms with Gasteiger partial charge in [0.05, 0.1) is 25.6 Å². The van der Waals surface area contributed by atoms with Crippen molar-refractivity contribution in [1.29, 1.82) is 0 Å². The van der Waals surface area contributed by atoms with Gasteiger partial charge in [-0.2, -0.15) is 0 Å². The molecule has 31 heavy (non-hydrogen) atoms. The first-order chi connectivity index (χ1) is 14.8. The summed E-state index contributed by atoms with van der Waals surface area (Å²) in [4.78, 5) is 24.3. The van der Waals surface area contributed by atoms with Gasteiger partial charge in [-0.05, 0) is 35.9 Å². The number of benzene rings is 2.